The maximum Gasteiger partial charge on any atom is 0.481 e. The number of aliphatic imine (C=N–C) groups is 1. The molecule has 3 saturated carbocycles. The van der Waals surface area contributed by atoms with E-state index in [-0.39, 0.29) is 48.5 Å². The van der Waals surface area contributed by atoms with Gasteiger partial charge in [0.25, 0.3) is 5.96 Å². The summed E-state index contributed by atoms with van der Waals surface area (Å²) < 4.78 is 41.9. The second kappa shape index (κ2) is 15.6. The molecule has 2 bridgehead atoms. The fraction of sp³-hybridized carbons (Fsp3) is 0.931. The average Bonchev–Trinajstić information content (AvgIpc) is 3.28. The SMILES string of the molecule is CCCCCCCCS(=O)(=O)N[C@@H](CCCN=C(N)N[N+](=O)[O-])C(=O)N[C@@H](CC(C)C)B1O[C@@H]2C[C@H]3C[C@H](C3(C)C)[C@]2(C)O1. The predicted molar refractivity (Wildman–Crippen MR) is 171 cm³/mol. The molecule has 13 nitrogen and oxygen atoms in total. The molecule has 4 aliphatic rings. The van der Waals surface area contributed by atoms with Crippen LogP contribution in [0.15, 0.2) is 4.99 Å². The average molecular weight is 643 g/mol. The molecule has 4 fully saturated rings. The monoisotopic (exact) mass is 642 g/mol. The van der Waals surface area contributed by atoms with E-state index in [0.29, 0.717) is 24.7 Å². The van der Waals surface area contributed by atoms with Gasteiger partial charge >= 0.3 is 7.12 Å². The van der Waals surface area contributed by atoms with Gasteiger partial charge in [-0.05, 0) is 68.6 Å². The van der Waals surface area contributed by atoms with Crippen LogP contribution < -0.4 is 21.2 Å². The van der Waals surface area contributed by atoms with E-state index in [1.807, 2.05) is 0 Å². The molecule has 0 spiro atoms. The van der Waals surface area contributed by atoms with E-state index in [4.69, 9.17) is 15.0 Å². The summed E-state index contributed by atoms with van der Waals surface area (Å²) in [6, 6.07) is -1.05. The summed E-state index contributed by atoms with van der Waals surface area (Å²) in [4.78, 5) is 28.2. The van der Waals surface area contributed by atoms with Gasteiger partial charge in [-0.15, -0.1) is 0 Å². The third kappa shape index (κ3) is 9.52. The summed E-state index contributed by atoms with van der Waals surface area (Å²) in [5.74, 6) is -0.158. The van der Waals surface area contributed by atoms with Gasteiger partial charge in [0.1, 0.15) is 6.04 Å². The Morgan fingerprint density at radius 1 is 1.14 bits per heavy atom. The summed E-state index contributed by atoms with van der Waals surface area (Å²) >= 11 is 0. The maximum absolute atomic E-state index is 13.7. The van der Waals surface area contributed by atoms with E-state index in [1.165, 1.54) is 0 Å². The van der Waals surface area contributed by atoms with Gasteiger partial charge in [-0.3, -0.25) is 4.79 Å². The minimum atomic E-state index is -3.74. The topological polar surface area (TPSA) is 187 Å². The van der Waals surface area contributed by atoms with Crippen LogP contribution in [0.4, 0.5) is 0 Å². The van der Waals surface area contributed by atoms with E-state index in [9.17, 15) is 23.3 Å². The van der Waals surface area contributed by atoms with Crippen molar-refractivity contribution in [1.82, 2.24) is 15.5 Å². The normalized spacial score (nSPS) is 27.4. The Balaban J connectivity index is 1.69. The van der Waals surface area contributed by atoms with Gasteiger partial charge in [0, 0.05) is 6.54 Å². The number of sulfonamides is 1. The fourth-order valence-corrected chi connectivity index (χ4v) is 8.68. The van der Waals surface area contributed by atoms with Crippen molar-refractivity contribution in [2.24, 2.45) is 33.9 Å². The van der Waals surface area contributed by atoms with Crippen LogP contribution in [0.5, 0.6) is 0 Å². The van der Waals surface area contributed by atoms with Crippen molar-refractivity contribution in [2.75, 3.05) is 12.3 Å². The molecule has 1 heterocycles. The Morgan fingerprint density at radius 3 is 2.45 bits per heavy atom. The third-order valence-corrected chi connectivity index (χ3v) is 11.4. The van der Waals surface area contributed by atoms with Crippen LogP contribution in [0.3, 0.4) is 0 Å². The van der Waals surface area contributed by atoms with Gasteiger partial charge in [-0.1, -0.05) is 72.1 Å². The molecule has 0 aromatic rings. The van der Waals surface area contributed by atoms with Gasteiger partial charge in [0.05, 0.1) is 23.4 Å². The van der Waals surface area contributed by atoms with Gasteiger partial charge in [-0.25, -0.2) is 28.2 Å². The lowest BCUT2D eigenvalue weighted by Gasteiger charge is -2.64. The van der Waals surface area contributed by atoms with Gasteiger partial charge < -0.3 is 20.4 Å². The highest BCUT2D eigenvalue weighted by Crippen LogP contribution is 2.65. The first-order chi connectivity index (χ1) is 20.6. The number of nitrogens with zero attached hydrogens (tertiary/aromatic N) is 2. The third-order valence-electron chi connectivity index (χ3n) is 9.89. The molecular formula is C29H55BN6O7S. The molecule has 1 saturated heterocycles. The zero-order valence-electron chi connectivity index (χ0n) is 27.5. The summed E-state index contributed by atoms with van der Waals surface area (Å²) in [6.45, 7) is 13.1. The number of carbonyl (C=O) groups excluding carboxylic acids is 1. The Bertz CT molecular complexity index is 1120. The van der Waals surface area contributed by atoms with E-state index in [2.05, 4.69) is 56.6 Å². The Morgan fingerprint density at radius 2 is 1.82 bits per heavy atom. The highest BCUT2D eigenvalue weighted by Gasteiger charge is 2.68. The smallest absolute Gasteiger partial charge is 0.404 e. The summed E-state index contributed by atoms with van der Waals surface area (Å²) in [5.41, 5.74) is 7.02. The van der Waals surface area contributed by atoms with Gasteiger partial charge in [-0.2, -0.15) is 0 Å². The lowest BCUT2D eigenvalue weighted by atomic mass is 9.43. The summed E-state index contributed by atoms with van der Waals surface area (Å²) in [6.07, 6.45) is 8.62. The predicted octanol–water partition coefficient (Wildman–Crippen LogP) is 3.31. The van der Waals surface area contributed by atoms with E-state index >= 15 is 0 Å². The summed E-state index contributed by atoms with van der Waals surface area (Å²) in [5, 5.41) is 12.8. The lowest BCUT2D eigenvalue weighted by Crippen LogP contribution is -2.65. The number of hydrogen-bond acceptors (Lipinski definition) is 8. The summed E-state index contributed by atoms with van der Waals surface area (Å²) in [7, 11) is -4.38. The van der Waals surface area contributed by atoms with Crippen LogP contribution in [0.25, 0.3) is 0 Å². The maximum atomic E-state index is 13.7. The van der Waals surface area contributed by atoms with Crippen molar-refractivity contribution in [2.45, 2.75) is 136 Å². The molecule has 4 rings (SSSR count). The molecule has 1 amide bonds. The first kappa shape index (κ1) is 36.5. The van der Waals surface area contributed by atoms with Crippen LogP contribution in [-0.4, -0.2) is 68.4 Å². The molecule has 6 atom stereocenters. The number of amides is 1. The highest BCUT2D eigenvalue weighted by atomic mass is 32.2. The Kier molecular flexibility index (Phi) is 12.9. The van der Waals surface area contributed by atoms with Crippen LogP contribution >= 0.6 is 0 Å². The second-order valence-corrected chi connectivity index (χ2v) is 16.0. The van der Waals surface area contributed by atoms with E-state index in [1.54, 1.807) is 5.43 Å². The minimum absolute atomic E-state index is 0.0430. The fourth-order valence-electron chi connectivity index (χ4n) is 7.32. The first-order valence-corrected chi connectivity index (χ1v) is 18.1. The number of hydrazine groups is 1. The number of nitrogens with one attached hydrogen (secondary N) is 3. The van der Waals surface area contributed by atoms with Crippen molar-refractivity contribution in [3.8, 4) is 0 Å². The van der Waals surface area contributed by atoms with Crippen LogP contribution in [-0.2, 0) is 24.1 Å². The van der Waals surface area contributed by atoms with Gasteiger partial charge in [0.15, 0.2) is 5.03 Å². The second-order valence-electron chi connectivity index (χ2n) is 14.1. The first-order valence-electron chi connectivity index (χ1n) is 16.4. The molecule has 252 valence electrons. The van der Waals surface area contributed by atoms with Crippen molar-refractivity contribution in [3.05, 3.63) is 10.1 Å². The van der Waals surface area contributed by atoms with Gasteiger partial charge in [0.2, 0.25) is 15.9 Å². The number of hydrogen-bond donors (Lipinski definition) is 4. The zero-order chi connectivity index (χ0) is 32.7. The largest absolute Gasteiger partial charge is 0.481 e. The number of nitro groups is 1. The number of nitrogens with two attached hydrogens (primary N) is 1. The molecule has 0 unspecified atom stereocenters. The van der Waals surface area contributed by atoms with Crippen LogP contribution in [0.1, 0.15) is 112 Å². The highest BCUT2D eigenvalue weighted by molar-refractivity contribution is 7.89. The number of unbranched alkanes of at least 4 members (excludes halogenated alkanes) is 5. The lowest BCUT2D eigenvalue weighted by molar-refractivity contribution is -0.525. The van der Waals surface area contributed by atoms with Crippen LogP contribution in [0.2, 0.25) is 0 Å². The van der Waals surface area contributed by atoms with Crippen molar-refractivity contribution < 1.29 is 27.6 Å². The Labute approximate surface area is 263 Å². The number of rotatable bonds is 19. The van der Waals surface area contributed by atoms with Crippen LogP contribution in [0, 0.1) is 33.3 Å². The molecule has 44 heavy (non-hydrogen) atoms. The van der Waals surface area contributed by atoms with Crippen molar-refractivity contribution in [1.29, 1.82) is 0 Å². The van der Waals surface area contributed by atoms with E-state index < -0.39 is 45.7 Å². The molecule has 0 aromatic heterocycles. The molecule has 1 aliphatic heterocycles. The molecular weight excluding hydrogens is 587 g/mol. The molecule has 5 N–H and O–H groups in total. The quantitative estimate of drug-likeness (QED) is 0.0409. The molecule has 0 aromatic carbocycles. The standard InChI is InChI=1S/C29H55BN6O7S/c1-7-8-9-10-11-12-16-44(40,41)35-22(14-13-15-32-27(31)34-36(38)39)26(37)33-25(17-20(2)3)30-42-24-19-21-18-23(28(21,4)5)29(24,6)43-30/h20-25,35H,7-19H2,1-6H3,(H,33,37)(H3,31,32,34)/t21-,22+,23-,24-,25+,29+/m1/s1. The number of carbonyl (C=O) groups is 1. The Hall–Kier alpha value is -1.97. The number of guanidine groups is 1. The zero-order valence-corrected chi connectivity index (χ0v) is 28.3. The molecule has 3 aliphatic carbocycles. The molecule has 15 heteroatoms. The molecule has 0 radical (unpaired) electrons. The van der Waals surface area contributed by atoms with Crippen molar-refractivity contribution >= 4 is 29.0 Å². The van der Waals surface area contributed by atoms with E-state index in [0.717, 1.165) is 44.9 Å². The minimum Gasteiger partial charge on any atom is -0.404 e. The van der Waals surface area contributed by atoms with Crippen molar-refractivity contribution in [3.63, 3.8) is 0 Å².